The van der Waals surface area contributed by atoms with Crippen molar-refractivity contribution in [2.45, 2.75) is 51.2 Å². The van der Waals surface area contributed by atoms with Crippen molar-refractivity contribution in [1.82, 2.24) is 4.90 Å². The number of rotatable bonds is 0. The normalized spacial score (nSPS) is 34.6. The zero-order chi connectivity index (χ0) is 13.4. The van der Waals surface area contributed by atoms with Gasteiger partial charge in [0.2, 0.25) is 0 Å². The first-order valence-corrected chi connectivity index (χ1v) is 5.52. The summed E-state index contributed by atoms with van der Waals surface area (Å²) in [6.07, 6.45) is -4.27. The van der Waals surface area contributed by atoms with Gasteiger partial charge in [0.25, 0.3) is 0 Å². The van der Waals surface area contributed by atoms with Crippen molar-refractivity contribution in [3.05, 3.63) is 0 Å². The van der Waals surface area contributed by atoms with Crippen LogP contribution in [-0.2, 0) is 4.74 Å². The van der Waals surface area contributed by atoms with E-state index in [-0.39, 0.29) is 13.1 Å². The quantitative estimate of drug-likeness (QED) is 0.712. The van der Waals surface area contributed by atoms with E-state index in [9.17, 15) is 18.7 Å². The van der Waals surface area contributed by atoms with E-state index >= 15 is 0 Å². The van der Waals surface area contributed by atoms with E-state index in [2.05, 4.69) is 0 Å². The second-order valence-corrected chi connectivity index (χ2v) is 5.60. The minimum atomic E-state index is -2.16. The van der Waals surface area contributed by atoms with Crippen LogP contribution in [0.25, 0.3) is 0 Å². The first kappa shape index (κ1) is 14.2. The molecule has 1 aliphatic rings. The topological polar surface area (TPSA) is 49.8 Å². The molecule has 17 heavy (non-hydrogen) atoms. The summed E-state index contributed by atoms with van der Waals surface area (Å²) in [5, 5.41) is 9.31. The van der Waals surface area contributed by atoms with Crippen LogP contribution in [0.15, 0.2) is 0 Å². The predicted molar refractivity (Wildman–Crippen MR) is 58.2 cm³/mol. The zero-order valence-corrected chi connectivity index (χ0v) is 10.5. The molecule has 0 aromatic carbocycles. The third-order valence-corrected chi connectivity index (χ3v) is 2.51. The molecule has 0 radical (unpaired) electrons. The number of carbonyl (C=O) groups excluding carboxylic acids is 1. The number of carbonyl (C=O) groups is 1. The van der Waals surface area contributed by atoms with Crippen LogP contribution in [0.1, 0.15) is 27.7 Å². The second-order valence-electron chi connectivity index (χ2n) is 5.60. The molecule has 0 aromatic heterocycles. The zero-order valence-electron chi connectivity index (χ0n) is 10.5. The minimum Gasteiger partial charge on any atom is -0.444 e. The van der Waals surface area contributed by atoms with Gasteiger partial charge < -0.3 is 14.7 Å². The highest BCUT2D eigenvalue weighted by Crippen LogP contribution is 2.28. The second kappa shape index (κ2) is 4.40. The Morgan fingerprint density at radius 2 is 2.06 bits per heavy atom. The molecule has 3 atom stereocenters. The lowest BCUT2D eigenvalue weighted by Crippen LogP contribution is -2.60. The lowest BCUT2D eigenvalue weighted by molar-refractivity contribution is -0.101. The Morgan fingerprint density at radius 1 is 1.53 bits per heavy atom. The van der Waals surface area contributed by atoms with Crippen LogP contribution in [-0.4, -0.2) is 52.7 Å². The number of aliphatic hydroxyl groups excluding tert-OH is 1. The van der Waals surface area contributed by atoms with Gasteiger partial charge in [-0.15, -0.1) is 0 Å². The Hall–Kier alpha value is -0.910. The van der Waals surface area contributed by atoms with Gasteiger partial charge in [-0.1, -0.05) is 0 Å². The molecular weight excluding hydrogens is 232 g/mol. The van der Waals surface area contributed by atoms with Crippen LogP contribution < -0.4 is 0 Å². The summed E-state index contributed by atoms with van der Waals surface area (Å²) < 4.78 is 32.2. The predicted octanol–water partition coefficient (Wildman–Crippen LogP) is 1.66. The fourth-order valence-electron chi connectivity index (χ4n) is 1.68. The summed E-state index contributed by atoms with van der Waals surface area (Å²) in [6.45, 7) is 5.36. The average Bonchev–Trinajstić information content (AvgIpc) is 2.10. The summed E-state index contributed by atoms with van der Waals surface area (Å²) in [7, 11) is 0. The number of aliphatic hydroxyl groups is 1. The number of halogens is 2. The maximum Gasteiger partial charge on any atom is 0.410 e. The molecule has 1 heterocycles. The van der Waals surface area contributed by atoms with Gasteiger partial charge in [-0.3, -0.25) is 0 Å². The van der Waals surface area contributed by atoms with E-state index in [4.69, 9.17) is 4.74 Å². The molecule has 1 amide bonds. The molecule has 6 heteroatoms. The highest BCUT2D eigenvalue weighted by molar-refractivity contribution is 5.68. The number of piperidine rings is 1. The molecular formula is C11H19F2NO3. The number of hydrogen-bond acceptors (Lipinski definition) is 3. The van der Waals surface area contributed by atoms with Gasteiger partial charge in [0, 0.05) is 0 Å². The lowest BCUT2D eigenvalue weighted by Gasteiger charge is -2.40. The summed E-state index contributed by atoms with van der Waals surface area (Å²) in [6, 6.07) is 0. The monoisotopic (exact) mass is 251 g/mol. The van der Waals surface area contributed by atoms with Crippen LogP contribution >= 0.6 is 0 Å². The fourth-order valence-corrected chi connectivity index (χ4v) is 1.68. The molecule has 0 aliphatic carbocycles. The molecule has 1 fully saturated rings. The van der Waals surface area contributed by atoms with Gasteiger partial charge in [0.05, 0.1) is 13.1 Å². The number of hydrogen-bond donors (Lipinski definition) is 1. The van der Waals surface area contributed by atoms with E-state index < -0.39 is 29.6 Å². The van der Waals surface area contributed by atoms with Gasteiger partial charge in [-0.2, -0.15) is 0 Å². The Morgan fingerprint density at radius 3 is 2.47 bits per heavy atom. The minimum absolute atomic E-state index is 0.352. The van der Waals surface area contributed by atoms with Crippen LogP contribution in [0, 0.1) is 0 Å². The molecule has 3 unspecified atom stereocenters. The summed E-state index contributed by atoms with van der Waals surface area (Å²) in [5.74, 6) is 0. The Balaban J connectivity index is 2.71. The van der Waals surface area contributed by atoms with E-state index in [1.807, 2.05) is 0 Å². The molecule has 1 aliphatic heterocycles. The average molecular weight is 251 g/mol. The maximum atomic E-state index is 13.8. The van der Waals surface area contributed by atoms with Crippen LogP contribution in [0.2, 0.25) is 0 Å². The van der Waals surface area contributed by atoms with E-state index in [0.717, 1.165) is 11.8 Å². The molecule has 0 spiro atoms. The number of nitrogens with zero attached hydrogens (tertiary/aromatic N) is 1. The molecule has 4 nitrogen and oxygen atoms in total. The van der Waals surface area contributed by atoms with Gasteiger partial charge in [0.1, 0.15) is 17.9 Å². The van der Waals surface area contributed by atoms with E-state index in [1.54, 1.807) is 20.8 Å². The Labute approximate surface area is 99.5 Å². The largest absolute Gasteiger partial charge is 0.444 e. The van der Waals surface area contributed by atoms with Gasteiger partial charge in [-0.25, -0.2) is 13.6 Å². The number of ether oxygens (including phenoxy) is 1. The summed E-state index contributed by atoms with van der Waals surface area (Å²) in [4.78, 5) is 12.6. The fraction of sp³-hybridized carbons (Fsp3) is 0.909. The molecule has 0 bridgehead atoms. The van der Waals surface area contributed by atoms with Gasteiger partial charge in [-0.05, 0) is 27.7 Å². The first-order chi connectivity index (χ1) is 7.53. The Kier molecular flexibility index (Phi) is 3.66. The van der Waals surface area contributed by atoms with Gasteiger partial charge in [0.15, 0.2) is 5.67 Å². The van der Waals surface area contributed by atoms with Crippen molar-refractivity contribution in [3.63, 3.8) is 0 Å². The Bertz CT molecular complexity index is 302. The third-order valence-electron chi connectivity index (χ3n) is 2.51. The van der Waals surface area contributed by atoms with Crippen LogP contribution in [0.3, 0.4) is 0 Å². The van der Waals surface area contributed by atoms with Crippen molar-refractivity contribution in [1.29, 1.82) is 0 Å². The lowest BCUT2D eigenvalue weighted by atomic mass is 9.92. The molecule has 0 aromatic rings. The van der Waals surface area contributed by atoms with Crippen molar-refractivity contribution < 1.29 is 23.4 Å². The van der Waals surface area contributed by atoms with Crippen molar-refractivity contribution in [3.8, 4) is 0 Å². The number of amides is 1. The highest BCUT2D eigenvalue weighted by atomic mass is 19.2. The molecule has 1 rings (SSSR count). The SMILES string of the molecule is CC(C)(C)OC(=O)N1CC(F)C(O)C(C)(F)C1. The summed E-state index contributed by atoms with van der Waals surface area (Å²) in [5.41, 5.74) is -2.87. The molecule has 1 saturated heterocycles. The molecule has 100 valence electrons. The molecule has 0 saturated carbocycles. The smallest absolute Gasteiger partial charge is 0.410 e. The van der Waals surface area contributed by atoms with Gasteiger partial charge >= 0.3 is 6.09 Å². The standard InChI is InChI=1S/C11H19F2NO3/c1-10(2,3)17-9(16)14-5-7(12)8(15)11(4,13)6-14/h7-8,15H,5-6H2,1-4H3. The highest BCUT2D eigenvalue weighted by Gasteiger charge is 2.47. The van der Waals surface area contributed by atoms with E-state index in [0.29, 0.717) is 0 Å². The van der Waals surface area contributed by atoms with Crippen LogP contribution in [0.4, 0.5) is 13.6 Å². The van der Waals surface area contributed by atoms with E-state index in [1.165, 1.54) is 0 Å². The van der Waals surface area contributed by atoms with Crippen molar-refractivity contribution in [2.75, 3.05) is 13.1 Å². The maximum absolute atomic E-state index is 13.8. The number of likely N-dealkylation sites (tertiary alicyclic amines) is 1. The van der Waals surface area contributed by atoms with Crippen LogP contribution in [0.5, 0.6) is 0 Å². The summed E-state index contributed by atoms with van der Waals surface area (Å²) >= 11 is 0. The third kappa shape index (κ3) is 3.52. The van der Waals surface area contributed by atoms with Crippen molar-refractivity contribution >= 4 is 6.09 Å². The van der Waals surface area contributed by atoms with Crippen molar-refractivity contribution in [2.24, 2.45) is 0 Å². The first-order valence-electron chi connectivity index (χ1n) is 5.52. The number of alkyl halides is 2. The molecule has 1 N–H and O–H groups in total.